The quantitative estimate of drug-likeness (QED) is 0.335. The minimum absolute atomic E-state index is 0.0350. The summed E-state index contributed by atoms with van der Waals surface area (Å²) in [7, 11) is 0. The molecular formula is C29H25F5O2. The fraction of sp³-hybridized carbons (Fsp3) is 0.345. The van der Waals surface area contributed by atoms with Gasteiger partial charge in [-0.05, 0) is 72.2 Å². The fourth-order valence-electron chi connectivity index (χ4n) is 5.23. The van der Waals surface area contributed by atoms with Gasteiger partial charge in [-0.15, -0.1) is 0 Å². The number of ketones is 1. The summed E-state index contributed by atoms with van der Waals surface area (Å²) in [6.45, 7) is 3.76. The molecule has 1 aliphatic carbocycles. The van der Waals surface area contributed by atoms with Crippen molar-refractivity contribution in [3.05, 3.63) is 88.2 Å². The number of Topliss-reactive ketones (excluding diaryl/α,β-unsaturated/α-hetero) is 1. The largest absolute Gasteiger partial charge is 0.486 e. The topological polar surface area (TPSA) is 26.3 Å². The molecule has 1 unspecified atom stereocenters. The summed E-state index contributed by atoms with van der Waals surface area (Å²) in [5, 5.41) is 0. The van der Waals surface area contributed by atoms with Crippen molar-refractivity contribution in [3.63, 3.8) is 0 Å². The minimum atomic E-state index is -4.54. The maximum Gasteiger partial charge on any atom is 0.416 e. The number of carbonyl (C=O) groups is 1. The van der Waals surface area contributed by atoms with E-state index in [1.165, 1.54) is 24.3 Å². The monoisotopic (exact) mass is 500 g/mol. The van der Waals surface area contributed by atoms with Crippen molar-refractivity contribution < 1.29 is 31.5 Å². The highest BCUT2D eigenvalue weighted by Crippen LogP contribution is 2.51. The van der Waals surface area contributed by atoms with Crippen LogP contribution >= 0.6 is 0 Å². The number of benzene rings is 3. The molecule has 0 radical (unpaired) electrons. The van der Waals surface area contributed by atoms with E-state index in [1.807, 2.05) is 13.8 Å². The molecule has 188 valence electrons. The van der Waals surface area contributed by atoms with Crippen LogP contribution in [0.1, 0.15) is 84.2 Å². The Morgan fingerprint density at radius 2 is 1.58 bits per heavy atom. The second-order valence-corrected chi connectivity index (χ2v) is 10.0. The van der Waals surface area contributed by atoms with Crippen LogP contribution in [0.15, 0.2) is 54.6 Å². The van der Waals surface area contributed by atoms with Crippen LogP contribution in [-0.2, 0) is 6.18 Å². The summed E-state index contributed by atoms with van der Waals surface area (Å²) in [6.07, 6.45) is -3.70. The number of rotatable bonds is 4. The molecule has 5 rings (SSSR count). The van der Waals surface area contributed by atoms with E-state index < -0.39 is 29.3 Å². The Kier molecular flexibility index (Phi) is 5.92. The second kappa shape index (κ2) is 8.71. The van der Waals surface area contributed by atoms with E-state index in [0.717, 1.165) is 43.5 Å². The number of fused-ring (bicyclic) bond motifs is 1. The lowest BCUT2D eigenvalue weighted by Gasteiger charge is -2.45. The number of hydrogen-bond acceptors (Lipinski definition) is 2. The van der Waals surface area contributed by atoms with Crippen molar-refractivity contribution in [2.24, 2.45) is 0 Å². The zero-order chi connectivity index (χ0) is 25.8. The third kappa shape index (κ3) is 4.18. The van der Waals surface area contributed by atoms with Crippen molar-refractivity contribution in [3.8, 4) is 16.9 Å². The smallest absolute Gasteiger partial charge is 0.416 e. The first kappa shape index (κ1) is 24.5. The Morgan fingerprint density at radius 3 is 2.11 bits per heavy atom. The molecule has 7 heteroatoms. The minimum Gasteiger partial charge on any atom is -0.486 e. The van der Waals surface area contributed by atoms with Gasteiger partial charge in [-0.25, -0.2) is 8.78 Å². The van der Waals surface area contributed by atoms with E-state index >= 15 is 4.39 Å². The Balaban J connectivity index is 1.74. The lowest BCUT2D eigenvalue weighted by Crippen LogP contribution is -2.47. The zero-order valence-corrected chi connectivity index (χ0v) is 19.9. The fourth-order valence-corrected chi connectivity index (χ4v) is 5.23. The maximum atomic E-state index is 16.4. The molecule has 1 saturated carbocycles. The molecule has 2 aliphatic rings. The predicted octanol–water partition coefficient (Wildman–Crippen LogP) is 8.58. The molecule has 1 aliphatic heterocycles. The van der Waals surface area contributed by atoms with E-state index in [9.17, 15) is 22.4 Å². The van der Waals surface area contributed by atoms with Gasteiger partial charge in [0.25, 0.3) is 0 Å². The Labute approximate surface area is 206 Å². The number of carbonyl (C=O) groups excluding carboxylic acids is 1. The summed E-state index contributed by atoms with van der Waals surface area (Å²) in [6, 6.07) is 11.1. The summed E-state index contributed by atoms with van der Waals surface area (Å²) in [5.74, 6) is -0.455. The Morgan fingerprint density at radius 1 is 0.944 bits per heavy atom. The average Bonchev–Trinajstić information content (AvgIpc) is 2.81. The molecule has 1 fully saturated rings. The van der Waals surface area contributed by atoms with Crippen LogP contribution in [0.3, 0.4) is 0 Å². The molecule has 1 spiro atoms. The molecule has 0 aromatic heterocycles. The highest BCUT2D eigenvalue weighted by Gasteiger charge is 2.47. The molecule has 3 aromatic carbocycles. The summed E-state index contributed by atoms with van der Waals surface area (Å²) in [5.41, 5.74) is 0.398. The van der Waals surface area contributed by atoms with Gasteiger partial charge in [0.2, 0.25) is 0 Å². The van der Waals surface area contributed by atoms with Crippen LogP contribution in [0, 0.1) is 5.82 Å². The normalized spacial score (nSPS) is 17.5. The second-order valence-electron chi connectivity index (χ2n) is 10.0. The first-order valence-electron chi connectivity index (χ1n) is 12.0. The highest BCUT2D eigenvalue weighted by molar-refractivity contribution is 6.07. The molecule has 0 saturated heterocycles. The van der Waals surface area contributed by atoms with E-state index in [1.54, 1.807) is 6.07 Å². The number of hydrogen-bond donors (Lipinski definition) is 0. The van der Waals surface area contributed by atoms with Gasteiger partial charge in [-0.3, -0.25) is 4.79 Å². The molecule has 2 nitrogen and oxygen atoms in total. The first-order chi connectivity index (χ1) is 17.0. The van der Waals surface area contributed by atoms with Crippen LogP contribution in [-0.4, -0.2) is 11.4 Å². The van der Waals surface area contributed by atoms with Gasteiger partial charge in [0.1, 0.15) is 17.2 Å². The standard InChI is InChI=1S/C29H25F5O2/c1-16(2)21-14-23-26(22(35)15-28(36-23)12-3-13-28)24(17-6-10-20(30)11-7-17)25(21)27(31)18-4-8-19(9-5-18)29(32,33)34/h4-11,14,16,27H,3,12-13,15H2,1-2H3. The zero-order valence-electron chi connectivity index (χ0n) is 19.9. The summed E-state index contributed by atoms with van der Waals surface area (Å²) in [4.78, 5) is 13.5. The molecule has 1 heterocycles. The summed E-state index contributed by atoms with van der Waals surface area (Å²) >= 11 is 0. The molecule has 1 atom stereocenters. The molecule has 0 amide bonds. The Bertz CT molecular complexity index is 1300. The van der Waals surface area contributed by atoms with Crippen molar-refractivity contribution in [1.29, 1.82) is 0 Å². The van der Waals surface area contributed by atoms with Crippen molar-refractivity contribution >= 4 is 5.78 Å². The van der Waals surface area contributed by atoms with Gasteiger partial charge in [-0.1, -0.05) is 38.1 Å². The van der Waals surface area contributed by atoms with E-state index in [2.05, 4.69) is 0 Å². The van der Waals surface area contributed by atoms with E-state index in [0.29, 0.717) is 22.4 Å². The van der Waals surface area contributed by atoms with Gasteiger partial charge in [0, 0.05) is 11.1 Å². The molecule has 36 heavy (non-hydrogen) atoms. The van der Waals surface area contributed by atoms with E-state index in [-0.39, 0.29) is 34.8 Å². The van der Waals surface area contributed by atoms with Crippen LogP contribution < -0.4 is 4.74 Å². The molecule has 0 bridgehead atoms. The molecule has 0 N–H and O–H groups in total. The van der Waals surface area contributed by atoms with Gasteiger partial charge in [0.15, 0.2) is 12.0 Å². The number of alkyl halides is 4. The maximum absolute atomic E-state index is 16.4. The third-order valence-corrected chi connectivity index (χ3v) is 7.26. The SMILES string of the molecule is CC(C)c1cc2c(c(-c3ccc(F)cc3)c1C(F)c1ccc(C(F)(F)F)cc1)C(=O)CC1(CCC1)O2. The molecular weight excluding hydrogens is 475 g/mol. The van der Waals surface area contributed by atoms with Gasteiger partial charge >= 0.3 is 6.18 Å². The lowest BCUT2D eigenvalue weighted by atomic mass is 9.72. The average molecular weight is 501 g/mol. The molecule has 3 aromatic rings. The van der Waals surface area contributed by atoms with Crippen LogP contribution in [0.2, 0.25) is 0 Å². The van der Waals surface area contributed by atoms with Crippen molar-refractivity contribution in [2.75, 3.05) is 0 Å². The number of halogens is 5. The number of ether oxygens (including phenoxy) is 1. The van der Waals surface area contributed by atoms with Crippen LogP contribution in [0.25, 0.3) is 11.1 Å². The van der Waals surface area contributed by atoms with Crippen molar-refractivity contribution in [1.82, 2.24) is 0 Å². The van der Waals surface area contributed by atoms with Crippen LogP contribution in [0.4, 0.5) is 22.0 Å². The Hall–Kier alpha value is -3.22. The highest BCUT2D eigenvalue weighted by atomic mass is 19.4. The lowest BCUT2D eigenvalue weighted by molar-refractivity contribution is -0.137. The van der Waals surface area contributed by atoms with Gasteiger partial charge in [0.05, 0.1) is 17.5 Å². The predicted molar refractivity (Wildman–Crippen MR) is 126 cm³/mol. The van der Waals surface area contributed by atoms with Gasteiger partial charge in [-0.2, -0.15) is 13.2 Å². The van der Waals surface area contributed by atoms with Gasteiger partial charge < -0.3 is 4.74 Å². The first-order valence-corrected chi connectivity index (χ1v) is 12.0. The summed E-state index contributed by atoms with van der Waals surface area (Å²) < 4.78 is 75.7. The van der Waals surface area contributed by atoms with E-state index in [4.69, 9.17) is 4.74 Å². The third-order valence-electron chi connectivity index (χ3n) is 7.26. The van der Waals surface area contributed by atoms with Crippen molar-refractivity contribution in [2.45, 2.75) is 63.4 Å². The van der Waals surface area contributed by atoms with Crippen LogP contribution in [0.5, 0.6) is 5.75 Å².